The van der Waals surface area contributed by atoms with E-state index in [1.54, 1.807) is 0 Å². The number of esters is 4. The van der Waals surface area contributed by atoms with E-state index in [-0.39, 0.29) is 72.2 Å². The predicted molar refractivity (Wildman–Crippen MR) is 174 cm³/mol. The molecule has 0 saturated heterocycles. The third-order valence-corrected chi connectivity index (χ3v) is 5.74. The molecule has 0 unspecified atom stereocenters. The van der Waals surface area contributed by atoms with E-state index in [1.807, 2.05) is 69.2 Å². The van der Waals surface area contributed by atoms with Crippen molar-refractivity contribution in [3.8, 4) is 0 Å². The number of hydrogen-bond acceptors (Lipinski definition) is 16. The molecule has 292 valence electrons. The Bertz CT molecular complexity index is 860. The second kappa shape index (κ2) is 59.8. The van der Waals surface area contributed by atoms with E-state index in [4.69, 9.17) is 52.6 Å². The summed E-state index contributed by atoms with van der Waals surface area (Å²) in [5.41, 5.74) is 0. The molecule has 0 radical (unpaired) electrons. The summed E-state index contributed by atoms with van der Waals surface area (Å²) in [5.74, 6) is -0.0823. The summed E-state index contributed by atoms with van der Waals surface area (Å²) in [6, 6.07) is 0. The van der Waals surface area contributed by atoms with Gasteiger partial charge in [-0.1, -0.05) is 75.7 Å². The third kappa shape index (κ3) is 69.9. The topological polar surface area (TPSA) is 242 Å². The fourth-order valence-corrected chi connectivity index (χ4v) is 1.96. The van der Waals surface area contributed by atoms with Crippen molar-refractivity contribution in [1.82, 2.24) is 0 Å². The maximum absolute atomic E-state index is 11.0. The zero-order chi connectivity index (χ0) is 41.3. The largest absolute Gasteiger partial charge is 0.469 e. The highest BCUT2D eigenvalue weighted by atomic mass is 16.5. The van der Waals surface area contributed by atoms with Gasteiger partial charge in [-0.15, -0.1) is 0 Å². The summed E-state index contributed by atoms with van der Waals surface area (Å²) in [6.45, 7) is 22.9. The molecule has 0 aromatic carbocycles. The van der Waals surface area contributed by atoms with E-state index in [0.29, 0.717) is 19.8 Å². The minimum atomic E-state index is -0.118. The zero-order valence-electron chi connectivity index (χ0n) is 31.9. The van der Waals surface area contributed by atoms with E-state index in [2.05, 4.69) is 11.7 Å². The first kappa shape index (κ1) is 64.0. The standard InChI is InChI=1S/C9H18O2.C8H16O2.C7H14O2.C6H12O2.4CO2/c1-4-6-7-11-9(10)8(3)5-2;1-4-6-10-8(9)7(3)5-2;1-4-6(3)7(8)9-5-2;1-4-5(2)6(7)8-3;4*2-1-3/h8H,4-7H2,1-3H3;7H,4-6H2,1-3H3;6H,4-5H2,1-3H3;5H,4H2,1-3H3;;;;/t8-;7-;6-;5-;;;;/m0000..../s1. The smallest absolute Gasteiger partial charge is 0.373 e. The van der Waals surface area contributed by atoms with E-state index in [1.165, 1.54) is 7.11 Å². The van der Waals surface area contributed by atoms with Crippen LogP contribution >= 0.6 is 0 Å². The molecule has 0 saturated carbocycles. The molecule has 0 N–H and O–H groups in total. The summed E-state index contributed by atoms with van der Waals surface area (Å²) in [6.07, 6.45) is 7.40. The van der Waals surface area contributed by atoms with Gasteiger partial charge in [-0.25, -0.2) is 0 Å². The van der Waals surface area contributed by atoms with Gasteiger partial charge in [0.05, 0.1) is 50.6 Å². The maximum atomic E-state index is 11.0. The number of methoxy groups -OCH3 is 1. The van der Waals surface area contributed by atoms with Gasteiger partial charge in [-0.3, -0.25) is 19.2 Å². The quantitative estimate of drug-likeness (QED) is 0.132. The highest BCUT2D eigenvalue weighted by Crippen LogP contribution is 2.04. The van der Waals surface area contributed by atoms with Crippen molar-refractivity contribution in [1.29, 1.82) is 0 Å². The van der Waals surface area contributed by atoms with Gasteiger partial charge in [0.2, 0.25) is 0 Å². The SMILES string of the molecule is CCCCOC(=O)[C@@H](C)CC.CCCOC(=O)[C@@H](C)CC.CCOC(=O)[C@@H](C)CC.CC[C@H](C)C(=O)OC.O=C=O.O=C=O.O=C=O.O=C=O. The van der Waals surface area contributed by atoms with Crippen LogP contribution in [0.4, 0.5) is 0 Å². The lowest BCUT2D eigenvalue weighted by atomic mass is 10.1. The van der Waals surface area contributed by atoms with Crippen molar-refractivity contribution >= 4 is 48.5 Å². The molecule has 0 aromatic heterocycles. The Morgan fingerprint density at radius 2 is 0.700 bits per heavy atom. The van der Waals surface area contributed by atoms with Gasteiger partial charge in [0, 0.05) is 0 Å². The summed E-state index contributed by atoms with van der Waals surface area (Å²) in [7, 11) is 1.41. The minimum absolute atomic E-state index is 0.0547. The molecule has 0 aliphatic heterocycles. The van der Waals surface area contributed by atoms with Crippen molar-refractivity contribution < 1.29 is 76.5 Å². The Balaban J connectivity index is -0.0000000709. The molecule has 16 nitrogen and oxygen atoms in total. The van der Waals surface area contributed by atoms with Crippen LogP contribution in [0.3, 0.4) is 0 Å². The molecule has 0 heterocycles. The van der Waals surface area contributed by atoms with Crippen molar-refractivity contribution in [3.63, 3.8) is 0 Å². The molecule has 0 amide bonds. The van der Waals surface area contributed by atoms with E-state index >= 15 is 0 Å². The van der Waals surface area contributed by atoms with Crippen molar-refractivity contribution in [3.05, 3.63) is 0 Å². The molecule has 0 spiro atoms. The predicted octanol–water partition coefficient (Wildman–Crippen LogP) is 4.83. The summed E-state index contributed by atoms with van der Waals surface area (Å²) < 4.78 is 19.1. The molecular formula is C34H60O16. The van der Waals surface area contributed by atoms with E-state index in [0.717, 1.165) is 44.9 Å². The normalized spacial score (nSPS) is 10.3. The van der Waals surface area contributed by atoms with Crippen LogP contribution in [0.25, 0.3) is 0 Å². The van der Waals surface area contributed by atoms with Crippen LogP contribution in [0.15, 0.2) is 0 Å². The monoisotopic (exact) mass is 724 g/mol. The number of carbonyl (C=O) groups is 4. The summed E-state index contributed by atoms with van der Waals surface area (Å²) in [5, 5.41) is 0. The minimum Gasteiger partial charge on any atom is -0.469 e. The molecule has 0 aliphatic carbocycles. The number of unbranched alkanes of at least 4 members (excludes halogenated alkanes) is 1. The van der Waals surface area contributed by atoms with Gasteiger partial charge < -0.3 is 18.9 Å². The lowest BCUT2D eigenvalue weighted by Crippen LogP contribution is -2.14. The highest BCUT2D eigenvalue weighted by Gasteiger charge is 2.11. The molecule has 16 heteroatoms. The zero-order valence-corrected chi connectivity index (χ0v) is 31.9. The van der Waals surface area contributed by atoms with Crippen molar-refractivity contribution in [2.75, 3.05) is 26.9 Å². The van der Waals surface area contributed by atoms with Gasteiger partial charge in [0.1, 0.15) is 0 Å². The van der Waals surface area contributed by atoms with E-state index in [9.17, 15) is 19.2 Å². The number of carbonyl (C=O) groups excluding carboxylic acids is 12. The van der Waals surface area contributed by atoms with Crippen LogP contribution in [-0.4, -0.2) is 75.4 Å². The molecule has 0 aliphatic rings. The second-order valence-electron chi connectivity index (χ2n) is 9.53. The highest BCUT2D eigenvalue weighted by molar-refractivity contribution is 5.72. The van der Waals surface area contributed by atoms with Crippen LogP contribution < -0.4 is 0 Å². The number of ether oxygens (including phenoxy) is 4. The summed E-state index contributed by atoms with van der Waals surface area (Å²) in [4.78, 5) is 108. The van der Waals surface area contributed by atoms with Gasteiger partial charge in [0.15, 0.2) is 0 Å². The van der Waals surface area contributed by atoms with Crippen LogP contribution in [0.5, 0.6) is 0 Å². The Hall–Kier alpha value is -4.60. The molecule has 0 rings (SSSR count). The first-order valence-corrected chi connectivity index (χ1v) is 16.1. The number of hydrogen-bond donors (Lipinski definition) is 0. The molecule has 0 aromatic rings. The Morgan fingerprint density at radius 1 is 0.440 bits per heavy atom. The fraction of sp³-hybridized carbons (Fsp3) is 0.765. The Kier molecular flexibility index (Phi) is 76.5. The Morgan fingerprint density at radius 3 is 0.900 bits per heavy atom. The number of rotatable bonds is 14. The molecular weight excluding hydrogens is 664 g/mol. The van der Waals surface area contributed by atoms with Crippen LogP contribution in [0, 0.1) is 23.7 Å². The van der Waals surface area contributed by atoms with Crippen LogP contribution in [-0.2, 0) is 76.5 Å². The first-order valence-electron chi connectivity index (χ1n) is 16.1. The van der Waals surface area contributed by atoms with Gasteiger partial charge >= 0.3 is 48.5 Å². The van der Waals surface area contributed by atoms with Crippen molar-refractivity contribution in [2.24, 2.45) is 23.7 Å². The molecule has 4 atom stereocenters. The maximum Gasteiger partial charge on any atom is 0.373 e. The Labute approximate surface area is 296 Å². The van der Waals surface area contributed by atoms with Gasteiger partial charge in [-0.05, 0) is 45.4 Å². The van der Waals surface area contributed by atoms with Gasteiger partial charge in [-0.2, -0.15) is 38.4 Å². The van der Waals surface area contributed by atoms with Gasteiger partial charge in [0.25, 0.3) is 0 Å². The van der Waals surface area contributed by atoms with Crippen LogP contribution in [0.1, 0.15) is 121 Å². The third-order valence-electron chi connectivity index (χ3n) is 5.74. The molecule has 0 fully saturated rings. The lowest BCUT2D eigenvalue weighted by molar-refractivity contribution is -0.193. The average Bonchev–Trinajstić information content (AvgIpc) is 3.11. The second-order valence-corrected chi connectivity index (χ2v) is 9.53. The molecule has 50 heavy (non-hydrogen) atoms. The van der Waals surface area contributed by atoms with Crippen LogP contribution in [0.2, 0.25) is 0 Å². The fourth-order valence-electron chi connectivity index (χ4n) is 1.96. The average molecular weight is 725 g/mol. The molecule has 0 bridgehead atoms. The summed E-state index contributed by atoms with van der Waals surface area (Å²) >= 11 is 0. The lowest BCUT2D eigenvalue weighted by Gasteiger charge is -2.07. The van der Waals surface area contributed by atoms with E-state index < -0.39 is 0 Å². The first-order chi connectivity index (χ1) is 23.5. The van der Waals surface area contributed by atoms with Crippen molar-refractivity contribution in [2.45, 2.75) is 121 Å².